The van der Waals surface area contributed by atoms with Crippen molar-refractivity contribution in [1.29, 1.82) is 0 Å². The second-order valence-electron chi connectivity index (χ2n) is 5.29. The number of ether oxygens (including phenoxy) is 1. The number of nitrogens with zero attached hydrogens (tertiary/aromatic N) is 2. The third kappa shape index (κ3) is 3.83. The van der Waals surface area contributed by atoms with Crippen LogP contribution in [-0.2, 0) is 26.0 Å². The van der Waals surface area contributed by atoms with Gasteiger partial charge in [-0.2, -0.15) is 0 Å². The molecule has 0 atom stereocenters. The molecule has 0 N–H and O–H groups in total. The number of hydrogen-bond acceptors (Lipinski definition) is 6. The number of nitro groups is 1. The molecule has 0 bridgehead atoms. The van der Waals surface area contributed by atoms with Gasteiger partial charge >= 0.3 is 5.97 Å². The van der Waals surface area contributed by atoms with Gasteiger partial charge in [-0.25, -0.2) is 8.42 Å². The molecule has 0 spiro atoms. The molecule has 0 aromatic heterocycles. The molecule has 138 valence electrons. The number of aryl methyl sites for hydroxylation is 1. The minimum absolute atomic E-state index is 0.276. The Labute approximate surface area is 151 Å². The average molecular weight is 378 g/mol. The fraction of sp³-hybridized carbons (Fsp3) is 0.235. The van der Waals surface area contributed by atoms with Crippen LogP contribution in [0.3, 0.4) is 0 Å². The number of sulfonamides is 1. The predicted molar refractivity (Wildman–Crippen MR) is 95.5 cm³/mol. The van der Waals surface area contributed by atoms with Crippen molar-refractivity contribution in [3.8, 4) is 0 Å². The quantitative estimate of drug-likeness (QED) is 0.416. The van der Waals surface area contributed by atoms with Crippen molar-refractivity contribution in [2.45, 2.75) is 18.2 Å². The van der Waals surface area contributed by atoms with Crippen molar-refractivity contribution < 1.29 is 22.9 Å². The Balaban J connectivity index is 2.69. The summed E-state index contributed by atoms with van der Waals surface area (Å²) >= 11 is 0. The van der Waals surface area contributed by atoms with Crippen molar-refractivity contribution in [1.82, 2.24) is 0 Å². The topological polar surface area (TPSA) is 107 Å². The van der Waals surface area contributed by atoms with Crippen LogP contribution in [0.5, 0.6) is 0 Å². The highest BCUT2D eigenvalue weighted by molar-refractivity contribution is 7.93. The molecule has 2 rings (SSSR count). The van der Waals surface area contributed by atoms with E-state index in [1.807, 2.05) is 6.92 Å². The van der Waals surface area contributed by atoms with Gasteiger partial charge < -0.3 is 4.74 Å². The lowest BCUT2D eigenvalue weighted by molar-refractivity contribution is -0.387. The molecular formula is C17H18N2O6S. The van der Waals surface area contributed by atoms with E-state index in [4.69, 9.17) is 0 Å². The van der Waals surface area contributed by atoms with Crippen molar-refractivity contribution in [3.63, 3.8) is 0 Å². The smallest absolute Gasteiger partial charge is 0.326 e. The van der Waals surface area contributed by atoms with Crippen LogP contribution in [0.15, 0.2) is 53.4 Å². The van der Waals surface area contributed by atoms with Gasteiger partial charge in [-0.05, 0) is 24.1 Å². The SMILES string of the molecule is CCc1ccccc1N(CC(=O)OC)S(=O)(=O)c1ccccc1[N+](=O)[O-]. The highest BCUT2D eigenvalue weighted by Gasteiger charge is 2.34. The first-order valence-corrected chi connectivity index (χ1v) is 9.17. The van der Waals surface area contributed by atoms with Crippen LogP contribution >= 0.6 is 0 Å². The Morgan fingerprint density at radius 1 is 1.15 bits per heavy atom. The second-order valence-corrected chi connectivity index (χ2v) is 7.13. The van der Waals surface area contributed by atoms with Crippen LogP contribution < -0.4 is 4.31 Å². The lowest BCUT2D eigenvalue weighted by Gasteiger charge is -2.25. The third-order valence-electron chi connectivity index (χ3n) is 3.77. The zero-order chi connectivity index (χ0) is 19.3. The summed E-state index contributed by atoms with van der Waals surface area (Å²) in [6.07, 6.45) is 0.514. The monoisotopic (exact) mass is 378 g/mol. The molecule has 0 radical (unpaired) electrons. The highest BCUT2D eigenvalue weighted by atomic mass is 32.2. The molecule has 0 heterocycles. The Morgan fingerprint density at radius 3 is 2.38 bits per heavy atom. The van der Waals surface area contributed by atoms with E-state index in [0.717, 1.165) is 23.5 Å². The predicted octanol–water partition coefficient (Wildman–Crippen LogP) is 2.53. The molecule has 0 aliphatic carbocycles. The molecule has 26 heavy (non-hydrogen) atoms. The molecule has 0 saturated heterocycles. The molecule has 0 aliphatic heterocycles. The van der Waals surface area contributed by atoms with Crippen molar-refractivity contribution >= 4 is 27.4 Å². The number of para-hydroxylation sites is 2. The van der Waals surface area contributed by atoms with E-state index in [1.165, 1.54) is 12.1 Å². The summed E-state index contributed by atoms with van der Waals surface area (Å²) in [4.78, 5) is 21.8. The summed E-state index contributed by atoms with van der Waals surface area (Å²) in [5.41, 5.74) is 0.397. The molecular weight excluding hydrogens is 360 g/mol. The molecule has 2 aromatic carbocycles. The Morgan fingerprint density at radius 2 is 1.77 bits per heavy atom. The number of carbonyl (C=O) groups is 1. The van der Waals surface area contributed by atoms with Crippen molar-refractivity contribution in [2.24, 2.45) is 0 Å². The number of rotatable bonds is 7. The molecule has 0 saturated carbocycles. The van der Waals surface area contributed by atoms with Crippen LogP contribution in [0, 0.1) is 10.1 Å². The van der Waals surface area contributed by atoms with E-state index in [1.54, 1.807) is 24.3 Å². The first kappa shape index (κ1) is 19.4. The number of methoxy groups -OCH3 is 1. The molecule has 0 amide bonds. The van der Waals surface area contributed by atoms with Gasteiger partial charge in [0.25, 0.3) is 15.7 Å². The average Bonchev–Trinajstić information content (AvgIpc) is 2.65. The van der Waals surface area contributed by atoms with E-state index in [9.17, 15) is 23.3 Å². The maximum atomic E-state index is 13.2. The lowest BCUT2D eigenvalue weighted by atomic mass is 10.1. The van der Waals surface area contributed by atoms with E-state index in [-0.39, 0.29) is 5.69 Å². The van der Waals surface area contributed by atoms with Crippen LogP contribution in [0.1, 0.15) is 12.5 Å². The molecule has 8 nitrogen and oxygen atoms in total. The largest absolute Gasteiger partial charge is 0.468 e. The first-order chi connectivity index (χ1) is 12.3. The van der Waals surface area contributed by atoms with Crippen LogP contribution in [-0.4, -0.2) is 33.0 Å². The van der Waals surface area contributed by atoms with Gasteiger partial charge in [0.05, 0.1) is 17.7 Å². The Bertz CT molecular complexity index is 926. The zero-order valence-electron chi connectivity index (χ0n) is 14.3. The van der Waals surface area contributed by atoms with Gasteiger partial charge in [0.2, 0.25) is 0 Å². The third-order valence-corrected chi connectivity index (χ3v) is 5.58. The first-order valence-electron chi connectivity index (χ1n) is 7.73. The number of hydrogen-bond donors (Lipinski definition) is 0. The number of nitro benzene ring substituents is 1. The van der Waals surface area contributed by atoms with Crippen LogP contribution in [0.2, 0.25) is 0 Å². The van der Waals surface area contributed by atoms with Gasteiger partial charge in [-0.3, -0.25) is 19.2 Å². The summed E-state index contributed by atoms with van der Waals surface area (Å²) in [6.45, 7) is 1.24. The van der Waals surface area contributed by atoms with E-state index >= 15 is 0 Å². The molecule has 0 fully saturated rings. The molecule has 0 aliphatic rings. The molecule has 2 aromatic rings. The number of esters is 1. The fourth-order valence-corrected chi connectivity index (χ4v) is 4.09. The van der Waals surface area contributed by atoms with Crippen LogP contribution in [0.25, 0.3) is 0 Å². The summed E-state index contributed by atoms with van der Waals surface area (Å²) < 4.78 is 31.8. The van der Waals surface area contributed by atoms with Crippen LogP contribution in [0.4, 0.5) is 11.4 Å². The maximum Gasteiger partial charge on any atom is 0.326 e. The minimum atomic E-state index is -4.38. The van der Waals surface area contributed by atoms with E-state index in [2.05, 4.69) is 4.74 Å². The maximum absolute atomic E-state index is 13.2. The standard InChI is InChI=1S/C17H18N2O6S/c1-3-13-8-4-5-9-14(13)18(12-17(20)25-2)26(23,24)16-11-7-6-10-15(16)19(21)22/h4-11H,3,12H2,1-2H3. The summed E-state index contributed by atoms with van der Waals surface area (Å²) in [7, 11) is -3.23. The van der Waals surface area contributed by atoms with Gasteiger partial charge in [0, 0.05) is 6.07 Å². The zero-order valence-corrected chi connectivity index (χ0v) is 15.1. The Kier molecular flexibility index (Phi) is 5.93. The summed E-state index contributed by atoms with van der Waals surface area (Å²) in [5.74, 6) is -0.780. The minimum Gasteiger partial charge on any atom is -0.468 e. The Hall–Kier alpha value is -2.94. The van der Waals surface area contributed by atoms with Gasteiger partial charge in [-0.1, -0.05) is 37.3 Å². The second kappa shape index (κ2) is 7.96. The van der Waals surface area contributed by atoms with E-state index < -0.39 is 38.0 Å². The van der Waals surface area contributed by atoms with Gasteiger partial charge in [0.15, 0.2) is 4.90 Å². The van der Waals surface area contributed by atoms with Crippen molar-refractivity contribution in [2.75, 3.05) is 18.0 Å². The summed E-state index contributed by atoms with van der Waals surface area (Å²) in [5, 5.41) is 11.3. The normalized spacial score (nSPS) is 11.0. The number of carbonyl (C=O) groups excluding carboxylic acids is 1. The summed E-state index contributed by atoms with van der Waals surface area (Å²) in [6, 6.07) is 11.7. The van der Waals surface area contributed by atoms with Gasteiger partial charge in [0.1, 0.15) is 6.54 Å². The highest BCUT2D eigenvalue weighted by Crippen LogP contribution is 2.31. The number of benzene rings is 2. The lowest BCUT2D eigenvalue weighted by Crippen LogP contribution is -2.37. The fourth-order valence-electron chi connectivity index (χ4n) is 2.48. The van der Waals surface area contributed by atoms with E-state index in [0.29, 0.717) is 12.0 Å². The molecule has 9 heteroatoms. The van der Waals surface area contributed by atoms with Crippen molar-refractivity contribution in [3.05, 3.63) is 64.2 Å². The van der Waals surface area contributed by atoms with Gasteiger partial charge in [-0.15, -0.1) is 0 Å². The number of anilines is 1. The molecule has 0 unspecified atom stereocenters.